The molecule has 0 unspecified atom stereocenters. The molecule has 2 aromatic carbocycles. The van der Waals surface area contributed by atoms with Gasteiger partial charge in [0.1, 0.15) is 0 Å². The minimum Gasteiger partial charge on any atom is -0.396 e. The van der Waals surface area contributed by atoms with Crippen LogP contribution in [-0.4, -0.2) is 67.4 Å². The van der Waals surface area contributed by atoms with E-state index in [4.69, 9.17) is 10.8 Å². The molecule has 1 heterocycles. The number of carbonyl (C=O) groups excluding carboxylic acids is 2. The zero-order valence-electron chi connectivity index (χ0n) is 16.6. The van der Waals surface area contributed by atoms with Crippen LogP contribution in [0, 0.1) is 0 Å². The predicted molar refractivity (Wildman–Crippen MR) is 114 cm³/mol. The zero-order chi connectivity index (χ0) is 20.5. The number of nitrogens with one attached hydrogen (secondary N) is 1. The van der Waals surface area contributed by atoms with E-state index in [-0.39, 0.29) is 18.2 Å². The lowest BCUT2D eigenvalue weighted by Crippen LogP contribution is -2.47. The molecule has 29 heavy (non-hydrogen) atoms. The smallest absolute Gasteiger partial charge is 0.196 e. The summed E-state index contributed by atoms with van der Waals surface area (Å²) >= 11 is 0. The number of hydrogen-bond donors (Lipinski definition) is 3. The molecule has 1 fully saturated rings. The first kappa shape index (κ1) is 19.4. The van der Waals surface area contributed by atoms with Crippen LogP contribution >= 0.6 is 0 Å². The number of benzene rings is 2. The monoisotopic (exact) mass is 394 g/mol. The molecule has 152 valence electrons. The first-order valence-corrected chi connectivity index (χ1v) is 10.0. The van der Waals surface area contributed by atoms with Gasteiger partial charge >= 0.3 is 0 Å². The summed E-state index contributed by atoms with van der Waals surface area (Å²) in [5.41, 5.74) is 9.81. The number of ketones is 2. The number of carbonyl (C=O) groups is 2. The maximum absolute atomic E-state index is 13.3. The Morgan fingerprint density at radius 2 is 1.66 bits per heavy atom. The number of piperazine rings is 1. The van der Waals surface area contributed by atoms with Crippen molar-refractivity contribution < 1.29 is 14.7 Å². The van der Waals surface area contributed by atoms with Gasteiger partial charge in [-0.25, -0.2) is 0 Å². The van der Waals surface area contributed by atoms with Crippen LogP contribution in [0.15, 0.2) is 30.3 Å². The number of β-amino-alcohol motifs (C(OH)–C–C–N with tert-alkyl or cyclic N) is 1. The molecule has 4 rings (SSSR count). The van der Waals surface area contributed by atoms with Gasteiger partial charge in [0, 0.05) is 56.1 Å². The third kappa shape index (κ3) is 3.26. The lowest BCUT2D eigenvalue weighted by Gasteiger charge is -2.37. The van der Waals surface area contributed by atoms with Gasteiger partial charge in [0.25, 0.3) is 0 Å². The van der Waals surface area contributed by atoms with Gasteiger partial charge in [0.2, 0.25) is 0 Å². The summed E-state index contributed by atoms with van der Waals surface area (Å²) in [6.45, 7) is 6.48. The summed E-state index contributed by atoms with van der Waals surface area (Å²) in [6, 6.07) is 8.81. The first-order valence-electron chi connectivity index (χ1n) is 10.0. The van der Waals surface area contributed by atoms with Gasteiger partial charge in [0.15, 0.2) is 11.6 Å². The average Bonchev–Trinajstić information content (AvgIpc) is 2.74. The molecule has 1 aliphatic carbocycles. The summed E-state index contributed by atoms with van der Waals surface area (Å²) in [5.74, 6) is -0.371. The summed E-state index contributed by atoms with van der Waals surface area (Å²) in [5, 5.41) is 12.4. The molecule has 2 aliphatic rings. The maximum atomic E-state index is 13.3. The van der Waals surface area contributed by atoms with E-state index in [1.165, 1.54) is 0 Å². The fraction of sp³-hybridized carbons (Fsp3) is 0.364. The van der Waals surface area contributed by atoms with Crippen LogP contribution < -0.4 is 16.0 Å². The second-order valence-corrected chi connectivity index (χ2v) is 7.39. The largest absolute Gasteiger partial charge is 0.396 e. The highest BCUT2D eigenvalue weighted by Gasteiger charge is 2.35. The van der Waals surface area contributed by atoms with Crippen molar-refractivity contribution in [3.8, 4) is 0 Å². The molecule has 0 aromatic heterocycles. The summed E-state index contributed by atoms with van der Waals surface area (Å²) < 4.78 is 0. The highest BCUT2D eigenvalue weighted by Crippen LogP contribution is 2.41. The molecule has 1 aliphatic heterocycles. The fourth-order valence-electron chi connectivity index (χ4n) is 4.25. The topological polar surface area (TPSA) is 98.9 Å². The molecular weight excluding hydrogens is 368 g/mol. The van der Waals surface area contributed by atoms with Crippen LogP contribution in [0.3, 0.4) is 0 Å². The lowest BCUT2D eigenvalue weighted by atomic mass is 9.81. The number of nitrogens with two attached hydrogens (primary N) is 1. The number of fused-ring (bicyclic) bond motifs is 2. The second-order valence-electron chi connectivity index (χ2n) is 7.39. The van der Waals surface area contributed by atoms with Crippen molar-refractivity contribution in [2.24, 2.45) is 0 Å². The summed E-state index contributed by atoms with van der Waals surface area (Å²) in [7, 11) is 0. The Morgan fingerprint density at radius 3 is 2.24 bits per heavy atom. The van der Waals surface area contributed by atoms with Gasteiger partial charge < -0.3 is 21.1 Å². The fourth-order valence-corrected chi connectivity index (χ4v) is 4.25. The molecule has 0 spiro atoms. The Balaban J connectivity index is 1.80. The third-order valence-electron chi connectivity index (χ3n) is 5.71. The summed E-state index contributed by atoms with van der Waals surface area (Å²) in [6.07, 6.45) is 0. The van der Waals surface area contributed by atoms with Crippen LogP contribution in [0.5, 0.6) is 0 Å². The Hall–Kier alpha value is -2.90. The number of anilines is 3. The zero-order valence-corrected chi connectivity index (χ0v) is 16.6. The minimum atomic E-state index is -0.201. The van der Waals surface area contributed by atoms with Crippen molar-refractivity contribution in [2.75, 3.05) is 61.8 Å². The van der Waals surface area contributed by atoms with Crippen LogP contribution in [0.4, 0.5) is 17.1 Å². The first-order chi connectivity index (χ1) is 14.1. The van der Waals surface area contributed by atoms with E-state index in [0.717, 1.165) is 31.9 Å². The molecule has 4 N–H and O–H groups in total. The number of aliphatic hydroxyl groups excluding tert-OH is 1. The number of nitrogens with zero attached hydrogens (tertiary/aromatic N) is 2. The molecule has 0 atom stereocenters. The molecule has 7 heteroatoms. The average molecular weight is 394 g/mol. The molecule has 0 bridgehead atoms. The van der Waals surface area contributed by atoms with Gasteiger partial charge in [-0.05, 0) is 13.0 Å². The van der Waals surface area contributed by atoms with Crippen molar-refractivity contribution in [3.63, 3.8) is 0 Å². The number of hydrogen-bond acceptors (Lipinski definition) is 7. The molecular formula is C22H26N4O3. The predicted octanol–water partition coefficient (Wildman–Crippen LogP) is 1.59. The molecule has 2 aromatic rings. The van der Waals surface area contributed by atoms with E-state index in [2.05, 4.69) is 15.1 Å². The van der Waals surface area contributed by atoms with Gasteiger partial charge in [-0.15, -0.1) is 0 Å². The van der Waals surface area contributed by atoms with Crippen molar-refractivity contribution in [3.05, 3.63) is 52.6 Å². The Labute approximate surface area is 170 Å². The van der Waals surface area contributed by atoms with E-state index < -0.39 is 0 Å². The minimum absolute atomic E-state index is 0.140. The van der Waals surface area contributed by atoms with Gasteiger partial charge in [-0.3, -0.25) is 14.5 Å². The van der Waals surface area contributed by atoms with Crippen molar-refractivity contribution in [2.45, 2.75) is 6.92 Å². The van der Waals surface area contributed by atoms with E-state index in [9.17, 15) is 9.59 Å². The molecule has 0 radical (unpaired) electrons. The van der Waals surface area contributed by atoms with Crippen LogP contribution in [-0.2, 0) is 0 Å². The highest BCUT2D eigenvalue weighted by atomic mass is 16.3. The van der Waals surface area contributed by atoms with Gasteiger partial charge in [0.05, 0.1) is 29.1 Å². The van der Waals surface area contributed by atoms with Gasteiger partial charge in [-0.2, -0.15) is 0 Å². The van der Waals surface area contributed by atoms with E-state index in [0.29, 0.717) is 46.7 Å². The number of aliphatic hydroxyl groups is 1. The van der Waals surface area contributed by atoms with Gasteiger partial charge in [-0.1, -0.05) is 24.3 Å². The van der Waals surface area contributed by atoms with E-state index in [1.54, 1.807) is 24.3 Å². The number of rotatable bonds is 5. The Kier molecular flexibility index (Phi) is 5.25. The molecule has 0 amide bonds. The van der Waals surface area contributed by atoms with Crippen LogP contribution in [0.25, 0.3) is 0 Å². The van der Waals surface area contributed by atoms with Crippen molar-refractivity contribution in [1.82, 2.24) is 4.90 Å². The third-order valence-corrected chi connectivity index (χ3v) is 5.71. The molecule has 7 nitrogen and oxygen atoms in total. The quantitative estimate of drug-likeness (QED) is 0.565. The molecule has 1 saturated heterocycles. The van der Waals surface area contributed by atoms with Crippen LogP contribution in [0.2, 0.25) is 0 Å². The van der Waals surface area contributed by atoms with Crippen molar-refractivity contribution in [1.29, 1.82) is 0 Å². The van der Waals surface area contributed by atoms with E-state index in [1.807, 2.05) is 13.0 Å². The summed E-state index contributed by atoms with van der Waals surface area (Å²) in [4.78, 5) is 30.9. The van der Waals surface area contributed by atoms with E-state index >= 15 is 0 Å². The maximum Gasteiger partial charge on any atom is 0.196 e. The highest BCUT2D eigenvalue weighted by molar-refractivity contribution is 6.32. The standard InChI is InChI=1S/C22H26N4O3/c1-2-24-16-13-17(26-9-7-25(8-10-26)11-12-27)20(23)19-18(16)21(28)14-5-3-4-6-15(14)22(19)29/h3-6,13,24,27H,2,7-12,23H2,1H3. The lowest BCUT2D eigenvalue weighted by molar-refractivity contribution is 0.0980. The van der Waals surface area contributed by atoms with Crippen LogP contribution in [0.1, 0.15) is 38.8 Å². The Bertz CT molecular complexity index is 965. The SMILES string of the molecule is CCNc1cc(N2CCN(CCO)CC2)c(N)c2c1C(=O)c1ccccc1C2=O. The number of nitrogen functional groups attached to an aromatic ring is 1. The van der Waals surface area contributed by atoms with Crippen molar-refractivity contribution >= 4 is 28.6 Å². The Morgan fingerprint density at radius 1 is 1.03 bits per heavy atom. The second kappa shape index (κ2) is 7.85. The molecule has 0 saturated carbocycles. The normalized spacial score (nSPS) is 16.6.